The van der Waals surface area contributed by atoms with Crippen LogP contribution in [0.5, 0.6) is 0 Å². The van der Waals surface area contributed by atoms with E-state index in [1.807, 2.05) is 19.0 Å². The van der Waals surface area contributed by atoms with Crippen LogP contribution < -0.4 is 4.90 Å². The first-order valence-electron chi connectivity index (χ1n) is 6.54. The normalized spacial score (nSPS) is 18.9. The minimum Gasteiger partial charge on any atom is -0.478 e. The molecule has 1 aliphatic rings. The van der Waals surface area contributed by atoms with Crippen molar-refractivity contribution in [2.45, 2.75) is 18.9 Å². The van der Waals surface area contributed by atoms with Crippen molar-refractivity contribution in [1.29, 1.82) is 0 Å². The highest BCUT2D eigenvalue weighted by atomic mass is 19.1. The average Bonchev–Trinajstić information content (AvgIpc) is 2.75. The number of nitrogens with zero attached hydrogens (tertiary/aromatic N) is 2. The van der Waals surface area contributed by atoms with Gasteiger partial charge in [0.25, 0.3) is 0 Å². The lowest BCUT2D eigenvalue weighted by atomic mass is 10.1. The van der Waals surface area contributed by atoms with E-state index in [1.54, 1.807) is 4.90 Å². The molecule has 1 heterocycles. The van der Waals surface area contributed by atoms with Gasteiger partial charge < -0.3 is 14.9 Å². The van der Waals surface area contributed by atoms with Gasteiger partial charge in [0.1, 0.15) is 17.3 Å². The summed E-state index contributed by atoms with van der Waals surface area (Å²) in [7, 11) is 3.83. The quantitative estimate of drug-likeness (QED) is 0.920. The van der Waals surface area contributed by atoms with E-state index in [1.165, 1.54) is 0 Å². The Bertz CT molecular complexity index is 497. The molecule has 1 unspecified atom stereocenters. The summed E-state index contributed by atoms with van der Waals surface area (Å²) in [6.45, 7) is 1.29. The number of hydrogen-bond acceptors (Lipinski definition) is 3. The molecule has 1 N–H and O–H groups in total. The molecule has 1 saturated heterocycles. The molecule has 0 aromatic heterocycles. The van der Waals surface area contributed by atoms with E-state index >= 15 is 0 Å². The summed E-state index contributed by atoms with van der Waals surface area (Å²) in [5, 5.41) is 8.81. The van der Waals surface area contributed by atoms with Gasteiger partial charge in [0.15, 0.2) is 0 Å². The largest absolute Gasteiger partial charge is 0.478 e. The topological polar surface area (TPSA) is 43.8 Å². The van der Waals surface area contributed by atoms with Crippen LogP contribution in [0.15, 0.2) is 12.1 Å². The van der Waals surface area contributed by atoms with Crippen molar-refractivity contribution in [3.63, 3.8) is 0 Å². The predicted octanol–water partition coefficient (Wildman–Crippen LogP) is 2.19. The molecular formula is C14H18F2N2O2. The van der Waals surface area contributed by atoms with Crippen LogP contribution >= 0.6 is 0 Å². The van der Waals surface area contributed by atoms with Crippen molar-refractivity contribution in [1.82, 2.24) is 4.90 Å². The molecule has 0 spiro atoms. The first-order valence-corrected chi connectivity index (χ1v) is 6.54. The number of halogens is 2. The molecule has 1 fully saturated rings. The van der Waals surface area contributed by atoms with Crippen molar-refractivity contribution >= 4 is 11.7 Å². The Labute approximate surface area is 116 Å². The predicted molar refractivity (Wildman–Crippen MR) is 72.2 cm³/mol. The Morgan fingerprint density at radius 3 is 2.50 bits per heavy atom. The van der Waals surface area contributed by atoms with E-state index in [9.17, 15) is 13.6 Å². The maximum Gasteiger partial charge on any atom is 0.335 e. The Hall–Kier alpha value is -1.69. The van der Waals surface area contributed by atoms with Crippen LogP contribution in [0.4, 0.5) is 14.5 Å². The van der Waals surface area contributed by atoms with E-state index in [-0.39, 0.29) is 17.3 Å². The van der Waals surface area contributed by atoms with Crippen LogP contribution in [0.1, 0.15) is 23.2 Å². The van der Waals surface area contributed by atoms with Gasteiger partial charge in [0.05, 0.1) is 5.56 Å². The molecule has 20 heavy (non-hydrogen) atoms. The molecule has 1 atom stereocenters. The van der Waals surface area contributed by atoms with Crippen molar-refractivity contribution in [2.75, 3.05) is 32.1 Å². The molecule has 0 aliphatic carbocycles. The zero-order chi connectivity index (χ0) is 14.9. The standard InChI is InChI=1S/C14H18F2N2O2/c1-17(2)8-10-4-3-5-18(10)13-11(15)6-9(14(19)20)7-12(13)16/h6-7,10H,3-5,8H2,1-2H3,(H,19,20). The summed E-state index contributed by atoms with van der Waals surface area (Å²) in [5.74, 6) is -2.96. The molecule has 1 aliphatic heterocycles. The number of anilines is 1. The van der Waals surface area contributed by atoms with E-state index in [4.69, 9.17) is 5.11 Å². The van der Waals surface area contributed by atoms with Gasteiger partial charge in [-0.3, -0.25) is 0 Å². The van der Waals surface area contributed by atoms with E-state index in [0.717, 1.165) is 25.0 Å². The second-order valence-electron chi connectivity index (χ2n) is 5.35. The Balaban J connectivity index is 2.34. The lowest BCUT2D eigenvalue weighted by Gasteiger charge is -2.29. The molecular weight excluding hydrogens is 266 g/mol. The van der Waals surface area contributed by atoms with Crippen LogP contribution in [-0.4, -0.2) is 49.2 Å². The number of benzene rings is 1. The lowest BCUT2D eigenvalue weighted by Crippen LogP contribution is -2.38. The molecule has 6 heteroatoms. The summed E-state index contributed by atoms with van der Waals surface area (Å²) in [6, 6.07) is 1.81. The first-order chi connectivity index (χ1) is 9.40. The van der Waals surface area contributed by atoms with E-state index in [0.29, 0.717) is 13.1 Å². The molecule has 0 amide bonds. The van der Waals surface area contributed by atoms with Crippen molar-refractivity contribution < 1.29 is 18.7 Å². The van der Waals surface area contributed by atoms with Crippen molar-refractivity contribution in [2.24, 2.45) is 0 Å². The fourth-order valence-electron chi connectivity index (χ4n) is 2.70. The second kappa shape index (κ2) is 5.75. The van der Waals surface area contributed by atoms with Gasteiger partial charge in [-0.25, -0.2) is 13.6 Å². The third-order valence-electron chi connectivity index (χ3n) is 3.50. The SMILES string of the molecule is CN(C)CC1CCCN1c1c(F)cc(C(=O)O)cc1F. The van der Waals surface area contributed by atoms with E-state index < -0.39 is 17.6 Å². The molecule has 0 saturated carbocycles. The smallest absolute Gasteiger partial charge is 0.335 e. The first kappa shape index (κ1) is 14.7. The van der Waals surface area contributed by atoms with E-state index in [2.05, 4.69) is 0 Å². The van der Waals surface area contributed by atoms with Crippen molar-refractivity contribution in [3.8, 4) is 0 Å². The zero-order valence-corrected chi connectivity index (χ0v) is 11.6. The number of likely N-dealkylation sites (N-methyl/N-ethyl adjacent to an activating group) is 1. The Morgan fingerprint density at radius 1 is 1.40 bits per heavy atom. The summed E-state index contributed by atoms with van der Waals surface area (Å²) in [6.07, 6.45) is 1.75. The lowest BCUT2D eigenvalue weighted by molar-refractivity contribution is 0.0696. The van der Waals surface area contributed by atoms with Crippen LogP contribution in [-0.2, 0) is 0 Å². The van der Waals surface area contributed by atoms with Crippen LogP contribution in [0.3, 0.4) is 0 Å². The highest BCUT2D eigenvalue weighted by molar-refractivity contribution is 5.88. The number of carboxylic acids is 1. The monoisotopic (exact) mass is 284 g/mol. The summed E-state index contributed by atoms with van der Waals surface area (Å²) >= 11 is 0. The molecule has 0 radical (unpaired) electrons. The highest BCUT2D eigenvalue weighted by Crippen LogP contribution is 2.31. The van der Waals surface area contributed by atoms with Gasteiger partial charge in [0, 0.05) is 19.1 Å². The Morgan fingerprint density at radius 2 is 2.00 bits per heavy atom. The fraction of sp³-hybridized carbons (Fsp3) is 0.500. The van der Waals surface area contributed by atoms with Gasteiger partial charge in [-0.05, 0) is 39.1 Å². The number of aromatic carboxylic acids is 1. The maximum absolute atomic E-state index is 14.1. The van der Waals surface area contributed by atoms with Crippen LogP contribution in [0, 0.1) is 11.6 Å². The van der Waals surface area contributed by atoms with Gasteiger partial charge >= 0.3 is 5.97 Å². The van der Waals surface area contributed by atoms with Gasteiger partial charge in [-0.1, -0.05) is 0 Å². The summed E-state index contributed by atoms with van der Waals surface area (Å²) in [5.41, 5.74) is -0.480. The van der Waals surface area contributed by atoms with Gasteiger partial charge in [-0.2, -0.15) is 0 Å². The van der Waals surface area contributed by atoms with Gasteiger partial charge in [0.2, 0.25) is 0 Å². The molecule has 4 nitrogen and oxygen atoms in total. The third-order valence-corrected chi connectivity index (χ3v) is 3.50. The summed E-state index contributed by atoms with van der Waals surface area (Å²) in [4.78, 5) is 14.5. The summed E-state index contributed by atoms with van der Waals surface area (Å²) < 4.78 is 28.2. The minimum atomic E-state index is -1.33. The highest BCUT2D eigenvalue weighted by Gasteiger charge is 2.30. The number of carboxylic acid groups (broad SMARTS) is 1. The molecule has 1 aromatic rings. The number of carbonyl (C=O) groups is 1. The average molecular weight is 284 g/mol. The maximum atomic E-state index is 14.1. The zero-order valence-electron chi connectivity index (χ0n) is 11.6. The minimum absolute atomic E-state index is 0.0460. The van der Waals surface area contributed by atoms with Crippen LogP contribution in [0.2, 0.25) is 0 Å². The molecule has 2 rings (SSSR count). The molecule has 1 aromatic carbocycles. The fourth-order valence-corrected chi connectivity index (χ4v) is 2.70. The molecule has 0 bridgehead atoms. The van der Waals surface area contributed by atoms with Gasteiger partial charge in [-0.15, -0.1) is 0 Å². The number of hydrogen-bond donors (Lipinski definition) is 1. The second-order valence-corrected chi connectivity index (χ2v) is 5.35. The third kappa shape index (κ3) is 2.90. The Kier molecular flexibility index (Phi) is 4.23. The van der Waals surface area contributed by atoms with Crippen molar-refractivity contribution in [3.05, 3.63) is 29.3 Å². The molecule has 110 valence electrons. The van der Waals surface area contributed by atoms with Crippen LogP contribution in [0.25, 0.3) is 0 Å². The number of rotatable bonds is 4.